The van der Waals surface area contributed by atoms with Crippen LogP contribution in [0.2, 0.25) is 0 Å². The molecule has 0 aliphatic carbocycles. The van der Waals surface area contributed by atoms with E-state index in [2.05, 4.69) is 10.2 Å². The molecule has 6 rings (SSSR count). The Hall–Kier alpha value is -4.53. The predicted octanol–water partition coefficient (Wildman–Crippen LogP) is 4.54. The molecule has 4 aromatic rings. The molecular weight excluding hydrogens is 472 g/mol. The Morgan fingerprint density at radius 2 is 2.03 bits per heavy atom. The molecular formula is C28H26N4O5. The van der Waals surface area contributed by atoms with Crippen LogP contribution in [0.1, 0.15) is 17.5 Å². The number of benzene rings is 3. The van der Waals surface area contributed by atoms with Gasteiger partial charge in [0, 0.05) is 24.0 Å². The fraction of sp³-hybridized carbons (Fsp3) is 0.250. The number of hydrogen-bond donors (Lipinski definition) is 2. The molecule has 0 spiro atoms. The molecule has 1 amide bonds. The second kappa shape index (κ2) is 9.50. The molecule has 188 valence electrons. The van der Waals surface area contributed by atoms with Crippen LogP contribution in [0.15, 0.2) is 60.7 Å². The molecule has 1 saturated heterocycles. The highest BCUT2D eigenvalue weighted by atomic mass is 16.7. The van der Waals surface area contributed by atoms with Crippen LogP contribution >= 0.6 is 0 Å². The van der Waals surface area contributed by atoms with Gasteiger partial charge in [0.25, 0.3) is 0 Å². The van der Waals surface area contributed by atoms with E-state index in [1.54, 1.807) is 18.2 Å². The van der Waals surface area contributed by atoms with E-state index < -0.39 is 6.09 Å². The van der Waals surface area contributed by atoms with Crippen molar-refractivity contribution in [3.63, 3.8) is 0 Å². The molecule has 37 heavy (non-hydrogen) atoms. The maximum absolute atomic E-state index is 12.6. The summed E-state index contributed by atoms with van der Waals surface area (Å²) in [6, 6.07) is 18.5. The van der Waals surface area contributed by atoms with Gasteiger partial charge in [-0.3, -0.25) is 0 Å². The first-order valence-corrected chi connectivity index (χ1v) is 12.2. The lowest BCUT2D eigenvalue weighted by atomic mass is 10.1. The van der Waals surface area contributed by atoms with Gasteiger partial charge < -0.3 is 29.5 Å². The summed E-state index contributed by atoms with van der Waals surface area (Å²) in [5.74, 6) is 2.64. The van der Waals surface area contributed by atoms with Crippen molar-refractivity contribution >= 4 is 22.8 Å². The van der Waals surface area contributed by atoms with Crippen LogP contribution in [0.3, 0.4) is 0 Å². The van der Waals surface area contributed by atoms with E-state index in [4.69, 9.17) is 24.2 Å². The summed E-state index contributed by atoms with van der Waals surface area (Å²) in [6.45, 7) is 3.56. The third-order valence-corrected chi connectivity index (χ3v) is 6.62. The normalized spacial score (nSPS) is 16.2. The Balaban J connectivity index is 1.18. The molecule has 9 nitrogen and oxygen atoms in total. The number of nitrogens with one attached hydrogen (secondary N) is 1. The summed E-state index contributed by atoms with van der Waals surface area (Å²) in [4.78, 5) is 24.3. The van der Waals surface area contributed by atoms with Crippen LogP contribution in [0.5, 0.6) is 17.2 Å². The van der Waals surface area contributed by atoms with Gasteiger partial charge in [0.05, 0.1) is 17.1 Å². The number of carbonyl (C=O) groups is 1. The first kappa shape index (κ1) is 22.9. The molecule has 3 heterocycles. The number of aryl methyl sites for hydroxylation is 1. The minimum absolute atomic E-state index is 0.0919. The second-order valence-electron chi connectivity index (χ2n) is 9.21. The fourth-order valence-electron chi connectivity index (χ4n) is 4.77. The van der Waals surface area contributed by atoms with Crippen LogP contribution in [-0.4, -0.2) is 47.1 Å². The molecule has 2 aliphatic rings. The average Bonchev–Trinajstić information content (AvgIpc) is 3.57. The summed E-state index contributed by atoms with van der Waals surface area (Å²) < 4.78 is 16.3. The number of phenolic OH excluding ortho intramolecular Hbond substituents is 1. The van der Waals surface area contributed by atoms with E-state index in [0.29, 0.717) is 36.0 Å². The van der Waals surface area contributed by atoms with Crippen LogP contribution in [0, 0.1) is 6.92 Å². The number of carbonyl (C=O) groups excluding carboxylic acids is 1. The van der Waals surface area contributed by atoms with Gasteiger partial charge in [-0.25, -0.2) is 14.8 Å². The number of rotatable bonds is 5. The van der Waals surface area contributed by atoms with Crippen LogP contribution < -0.4 is 19.7 Å². The number of amides is 1. The number of ether oxygens (including phenoxy) is 3. The third-order valence-electron chi connectivity index (χ3n) is 6.62. The molecule has 0 saturated carbocycles. The first-order valence-electron chi connectivity index (χ1n) is 12.2. The number of aromatic nitrogens is 2. The van der Waals surface area contributed by atoms with Gasteiger partial charge in [0.2, 0.25) is 6.79 Å². The summed E-state index contributed by atoms with van der Waals surface area (Å²) in [6.07, 6.45) is 0.261. The number of nitrogens with zero attached hydrogens (tertiary/aromatic N) is 3. The molecule has 2 N–H and O–H groups in total. The summed E-state index contributed by atoms with van der Waals surface area (Å²) >= 11 is 0. The van der Waals surface area contributed by atoms with Crippen LogP contribution in [0.25, 0.3) is 22.3 Å². The van der Waals surface area contributed by atoms with E-state index in [-0.39, 0.29) is 25.2 Å². The molecule has 1 atom stereocenters. The van der Waals surface area contributed by atoms with Crippen molar-refractivity contribution in [3.8, 4) is 28.6 Å². The molecule has 0 radical (unpaired) electrons. The minimum Gasteiger partial charge on any atom is -0.507 e. The summed E-state index contributed by atoms with van der Waals surface area (Å²) in [5, 5.41) is 14.3. The summed E-state index contributed by atoms with van der Waals surface area (Å²) in [7, 11) is 0. The smallest absolute Gasteiger partial charge is 0.407 e. The molecule has 1 fully saturated rings. The Morgan fingerprint density at radius 3 is 2.92 bits per heavy atom. The maximum Gasteiger partial charge on any atom is 0.407 e. The van der Waals surface area contributed by atoms with Crippen molar-refractivity contribution in [2.75, 3.05) is 24.8 Å². The summed E-state index contributed by atoms with van der Waals surface area (Å²) in [5.41, 5.74) is 3.23. The molecule has 0 bridgehead atoms. The van der Waals surface area contributed by atoms with E-state index in [1.807, 2.05) is 49.4 Å². The Kier molecular flexibility index (Phi) is 5.88. The lowest BCUT2D eigenvalue weighted by molar-refractivity contribution is 0.134. The zero-order valence-corrected chi connectivity index (χ0v) is 20.3. The Morgan fingerprint density at radius 1 is 1.14 bits per heavy atom. The molecule has 0 unspecified atom stereocenters. The standard InChI is InChI=1S/C28H26N4O5/c1-17-9-10-20-22(13-17)30-26(21-6-2-3-7-23(21)33)31-27(20)32-12-11-19(14-32)29-28(34)35-15-18-5-4-8-24-25(18)37-16-36-24/h2-10,13,19,33H,11-12,14-16H2,1H3,(H,29,34)/t19-/m1/s1. The number of para-hydroxylation sites is 2. The number of fused-ring (bicyclic) bond motifs is 2. The highest BCUT2D eigenvalue weighted by Crippen LogP contribution is 2.36. The van der Waals surface area contributed by atoms with Crippen LogP contribution in [0.4, 0.5) is 10.6 Å². The Labute approximate surface area is 213 Å². The molecule has 3 aromatic carbocycles. The lowest BCUT2D eigenvalue weighted by Gasteiger charge is -2.21. The topological polar surface area (TPSA) is 106 Å². The maximum atomic E-state index is 12.6. The van der Waals surface area contributed by atoms with Gasteiger partial charge in [-0.05, 0) is 49.2 Å². The molecule has 2 aliphatic heterocycles. The van der Waals surface area contributed by atoms with Gasteiger partial charge in [-0.2, -0.15) is 0 Å². The number of anilines is 1. The average molecular weight is 499 g/mol. The van der Waals surface area contributed by atoms with Gasteiger partial charge in [0.15, 0.2) is 17.3 Å². The SMILES string of the molecule is Cc1ccc2c(N3CC[C@@H](NC(=O)OCc4cccc5c4OCO5)C3)nc(-c3ccccc3O)nc2c1. The van der Waals surface area contributed by atoms with E-state index in [0.717, 1.165) is 34.3 Å². The fourth-order valence-corrected chi connectivity index (χ4v) is 4.77. The zero-order chi connectivity index (χ0) is 25.4. The minimum atomic E-state index is -0.485. The van der Waals surface area contributed by atoms with Gasteiger partial charge in [0.1, 0.15) is 18.2 Å². The van der Waals surface area contributed by atoms with E-state index in [1.165, 1.54) is 0 Å². The number of alkyl carbamates (subject to hydrolysis) is 1. The molecule has 1 aromatic heterocycles. The quantitative estimate of drug-likeness (QED) is 0.413. The van der Waals surface area contributed by atoms with Crippen molar-refractivity contribution in [1.29, 1.82) is 0 Å². The largest absolute Gasteiger partial charge is 0.507 e. The lowest BCUT2D eigenvalue weighted by Crippen LogP contribution is -2.37. The van der Waals surface area contributed by atoms with Crippen LogP contribution in [-0.2, 0) is 11.3 Å². The first-order chi connectivity index (χ1) is 18.0. The van der Waals surface area contributed by atoms with E-state index in [9.17, 15) is 9.90 Å². The van der Waals surface area contributed by atoms with Crippen molar-refractivity contribution in [3.05, 3.63) is 71.8 Å². The van der Waals surface area contributed by atoms with Gasteiger partial charge >= 0.3 is 6.09 Å². The highest BCUT2D eigenvalue weighted by molar-refractivity contribution is 5.92. The van der Waals surface area contributed by atoms with Crippen molar-refractivity contribution in [2.24, 2.45) is 0 Å². The van der Waals surface area contributed by atoms with Crippen molar-refractivity contribution < 1.29 is 24.1 Å². The third kappa shape index (κ3) is 4.55. The predicted molar refractivity (Wildman–Crippen MR) is 138 cm³/mol. The monoisotopic (exact) mass is 498 g/mol. The van der Waals surface area contributed by atoms with Crippen molar-refractivity contribution in [2.45, 2.75) is 26.0 Å². The second-order valence-corrected chi connectivity index (χ2v) is 9.21. The highest BCUT2D eigenvalue weighted by Gasteiger charge is 2.28. The Bertz CT molecular complexity index is 1490. The number of phenols is 1. The molecule has 9 heteroatoms. The van der Waals surface area contributed by atoms with Gasteiger partial charge in [-0.15, -0.1) is 0 Å². The number of aromatic hydroxyl groups is 1. The zero-order valence-electron chi connectivity index (χ0n) is 20.3. The van der Waals surface area contributed by atoms with Crippen molar-refractivity contribution in [1.82, 2.24) is 15.3 Å². The van der Waals surface area contributed by atoms with E-state index >= 15 is 0 Å². The van der Waals surface area contributed by atoms with Gasteiger partial charge in [-0.1, -0.05) is 30.3 Å². The number of hydrogen-bond acceptors (Lipinski definition) is 8.